The summed E-state index contributed by atoms with van der Waals surface area (Å²) in [6.45, 7) is 29.6. The number of amides is 2. The number of carbonyl (C=O) groups is 2. The molecule has 2 N–H and O–H groups in total. The van der Waals surface area contributed by atoms with E-state index in [1.165, 1.54) is 45.5 Å². The van der Waals surface area contributed by atoms with Gasteiger partial charge in [0.05, 0.1) is 13.2 Å². The van der Waals surface area contributed by atoms with Gasteiger partial charge in [-0.2, -0.15) is 0 Å². The van der Waals surface area contributed by atoms with Gasteiger partial charge in [0.1, 0.15) is 11.5 Å². The van der Waals surface area contributed by atoms with Crippen LogP contribution in [0.15, 0.2) is 49.6 Å². The van der Waals surface area contributed by atoms with Crippen LogP contribution in [-0.2, 0) is 20.4 Å². The maximum Gasteiger partial charge on any atom is 0.243 e. The normalized spacial score (nSPS) is 11.7. The van der Waals surface area contributed by atoms with Crippen molar-refractivity contribution in [1.82, 2.24) is 10.6 Å². The summed E-state index contributed by atoms with van der Waals surface area (Å²) in [5, 5.41) is 5.66. The van der Waals surface area contributed by atoms with Crippen LogP contribution in [0.5, 0.6) is 11.5 Å². The molecular formula is C40H60N2O4. The standard InChI is InChI=1S/C40H60N2O4/c1-12-19-30(31-26-33(39(6,7)8)35(24-28(31)4)45-22-17-15-20-41-37(43)13-2)32-27-34(40(9,10)11)36(25-29(32)5)46-23-18-16-21-42-38(44)14-3/h13-14,24-27,30H,2-3,12,15-23H2,1,4-11H3,(H,41,43)(H,42,44). The zero-order chi connectivity index (χ0) is 34.5. The lowest BCUT2D eigenvalue weighted by molar-refractivity contribution is -0.117. The third-order valence-corrected chi connectivity index (χ3v) is 8.31. The predicted octanol–water partition coefficient (Wildman–Crippen LogP) is 8.75. The minimum atomic E-state index is -0.140. The minimum absolute atomic E-state index is 0.0930. The van der Waals surface area contributed by atoms with Crippen LogP contribution in [0.1, 0.15) is 126 Å². The van der Waals surface area contributed by atoms with Crippen LogP contribution in [0.4, 0.5) is 0 Å². The van der Waals surface area contributed by atoms with Gasteiger partial charge < -0.3 is 20.1 Å². The van der Waals surface area contributed by atoms with Crippen molar-refractivity contribution < 1.29 is 19.1 Å². The molecule has 0 fully saturated rings. The van der Waals surface area contributed by atoms with E-state index in [0.29, 0.717) is 26.3 Å². The summed E-state index contributed by atoms with van der Waals surface area (Å²) >= 11 is 0. The van der Waals surface area contributed by atoms with Gasteiger partial charge in [-0.15, -0.1) is 0 Å². The number of rotatable bonds is 18. The lowest BCUT2D eigenvalue weighted by atomic mass is 9.76. The fourth-order valence-electron chi connectivity index (χ4n) is 5.71. The summed E-state index contributed by atoms with van der Waals surface area (Å²) in [5.74, 6) is 1.85. The molecule has 6 nitrogen and oxygen atoms in total. The van der Waals surface area contributed by atoms with Crippen molar-refractivity contribution in [3.8, 4) is 11.5 Å². The highest BCUT2D eigenvalue weighted by atomic mass is 16.5. The zero-order valence-electron chi connectivity index (χ0n) is 30.2. The molecule has 2 amide bonds. The first-order valence-electron chi connectivity index (χ1n) is 17.0. The van der Waals surface area contributed by atoms with Crippen molar-refractivity contribution >= 4 is 11.8 Å². The number of ether oxygens (including phenoxy) is 2. The molecule has 2 aromatic carbocycles. The maximum atomic E-state index is 11.4. The Morgan fingerprint density at radius 3 is 1.43 bits per heavy atom. The van der Waals surface area contributed by atoms with E-state index in [-0.39, 0.29) is 28.6 Å². The molecule has 254 valence electrons. The van der Waals surface area contributed by atoms with E-state index in [1.54, 1.807) is 0 Å². The summed E-state index contributed by atoms with van der Waals surface area (Å²) < 4.78 is 12.8. The van der Waals surface area contributed by atoms with E-state index in [4.69, 9.17) is 9.47 Å². The lowest BCUT2D eigenvalue weighted by Gasteiger charge is -2.30. The van der Waals surface area contributed by atoms with Crippen LogP contribution < -0.4 is 20.1 Å². The second-order valence-electron chi connectivity index (χ2n) is 14.4. The van der Waals surface area contributed by atoms with Gasteiger partial charge in [-0.05, 0) is 114 Å². The number of nitrogens with one attached hydrogen (secondary N) is 2. The van der Waals surface area contributed by atoms with E-state index >= 15 is 0 Å². The molecule has 0 saturated carbocycles. The number of hydrogen-bond acceptors (Lipinski definition) is 4. The van der Waals surface area contributed by atoms with Gasteiger partial charge in [-0.25, -0.2) is 0 Å². The summed E-state index contributed by atoms with van der Waals surface area (Å²) in [5.41, 5.74) is 7.42. The van der Waals surface area contributed by atoms with E-state index in [9.17, 15) is 9.59 Å². The largest absolute Gasteiger partial charge is 0.493 e. The van der Waals surface area contributed by atoms with Crippen LogP contribution in [-0.4, -0.2) is 38.1 Å². The van der Waals surface area contributed by atoms with Crippen molar-refractivity contribution in [2.24, 2.45) is 0 Å². The van der Waals surface area contributed by atoms with Crippen LogP contribution in [0.25, 0.3) is 0 Å². The molecule has 0 spiro atoms. The topological polar surface area (TPSA) is 76.7 Å². The Morgan fingerprint density at radius 1 is 0.717 bits per heavy atom. The van der Waals surface area contributed by atoms with Crippen LogP contribution in [0, 0.1) is 13.8 Å². The molecule has 0 bridgehead atoms. The first-order chi connectivity index (χ1) is 21.6. The third kappa shape index (κ3) is 11.7. The van der Waals surface area contributed by atoms with Gasteiger partial charge in [0.15, 0.2) is 0 Å². The number of benzene rings is 2. The molecule has 0 aliphatic heterocycles. The Kier molecular flexibility index (Phi) is 15.1. The van der Waals surface area contributed by atoms with E-state index in [0.717, 1.165) is 50.0 Å². The number of carbonyl (C=O) groups excluding carboxylic acids is 2. The highest BCUT2D eigenvalue weighted by molar-refractivity contribution is 5.87. The number of unbranched alkanes of at least 4 members (excludes halogenated alkanes) is 2. The fourth-order valence-corrected chi connectivity index (χ4v) is 5.71. The van der Waals surface area contributed by atoms with Crippen molar-refractivity contribution in [2.45, 2.75) is 118 Å². The van der Waals surface area contributed by atoms with Gasteiger partial charge in [-0.3, -0.25) is 9.59 Å². The van der Waals surface area contributed by atoms with Gasteiger partial charge in [-0.1, -0.05) is 80.2 Å². The summed E-state index contributed by atoms with van der Waals surface area (Å²) in [4.78, 5) is 22.8. The Balaban J connectivity index is 2.38. The van der Waals surface area contributed by atoms with Crippen molar-refractivity contribution in [3.63, 3.8) is 0 Å². The van der Waals surface area contributed by atoms with E-state index in [1.807, 2.05) is 0 Å². The minimum Gasteiger partial charge on any atom is -0.493 e. The quantitative estimate of drug-likeness (QED) is 0.127. The fraction of sp³-hybridized carbons (Fsp3) is 0.550. The van der Waals surface area contributed by atoms with Crippen molar-refractivity contribution in [3.05, 3.63) is 83.0 Å². The highest BCUT2D eigenvalue weighted by Gasteiger charge is 2.28. The molecule has 6 heteroatoms. The summed E-state index contributed by atoms with van der Waals surface area (Å²) in [6, 6.07) is 9.24. The van der Waals surface area contributed by atoms with E-state index < -0.39 is 0 Å². The van der Waals surface area contributed by atoms with Gasteiger partial charge in [0.2, 0.25) is 11.8 Å². The SMILES string of the molecule is C=CC(=O)NCCCCOc1cc(C)c(C(CCC)c2cc(C(C)(C)C)c(OCCCCNC(=O)C=C)cc2C)cc1C(C)(C)C. The molecular weight excluding hydrogens is 572 g/mol. The molecule has 2 rings (SSSR count). The van der Waals surface area contributed by atoms with Crippen molar-refractivity contribution in [1.29, 1.82) is 0 Å². The average Bonchev–Trinajstić information content (AvgIpc) is 2.98. The Labute approximate surface area is 279 Å². The molecule has 0 aromatic heterocycles. The second-order valence-corrected chi connectivity index (χ2v) is 14.4. The molecule has 0 radical (unpaired) electrons. The van der Waals surface area contributed by atoms with Gasteiger partial charge in [0.25, 0.3) is 0 Å². The van der Waals surface area contributed by atoms with Crippen LogP contribution >= 0.6 is 0 Å². The van der Waals surface area contributed by atoms with Gasteiger partial charge >= 0.3 is 0 Å². The van der Waals surface area contributed by atoms with Crippen molar-refractivity contribution in [2.75, 3.05) is 26.3 Å². The molecule has 46 heavy (non-hydrogen) atoms. The van der Waals surface area contributed by atoms with Crippen LogP contribution in [0.3, 0.4) is 0 Å². The molecule has 0 saturated heterocycles. The maximum absolute atomic E-state index is 11.4. The average molecular weight is 633 g/mol. The lowest BCUT2D eigenvalue weighted by Crippen LogP contribution is -2.22. The zero-order valence-corrected chi connectivity index (χ0v) is 30.2. The van der Waals surface area contributed by atoms with Crippen LogP contribution in [0.2, 0.25) is 0 Å². The first-order valence-corrected chi connectivity index (χ1v) is 17.0. The number of aryl methyl sites for hydroxylation is 2. The number of hydrogen-bond donors (Lipinski definition) is 2. The highest BCUT2D eigenvalue weighted by Crippen LogP contribution is 2.43. The molecule has 0 aliphatic carbocycles. The summed E-state index contributed by atoms with van der Waals surface area (Å²) in [6.07, 6.45) is 8.13. The van der Waals surface area contributed by atoms with E-state index in [2.05, 4.69) is 110 Å². The Bertz CT molecular complexity index is 1230. The molecule has 0 aliphatic rings. The predicted molar refractivity (Wildman–Crippen MR) is 192 cm³/mol. The smallest absolute Gasteiger partial charge is 0.243 e. The first kappa shape index (κ1) is 38.6. The third-order valence-electron chi connectivity index (χ3n) is 8.31. The molecule has 2 aromatic rings. The molecule has 0 atom stereocenters. The second kappa shape index (κ2) is 18.0. The monoisotopic (exact) mass is 632 g/mol. The Morgan fingerprint density at radius 2 is 1.11 bits per heavy atom. The molecule has 0 heterocycles. The molecule has 0 unspecified atom stereocenters. The summed E-state index contributed by atoms with van der Waals surface area (Å²) in [7, 11) is 0. The van der Waals surface area contributed by atoms with Gasteiger partial charge in [0, 0.05) is 19.0 Å². The Hall–Kier alpha value is -3.54.